The molecule has 82 valence electrons. The Labute approximate surface area is 83.9 Å². The molecule has 1 heterocycles. The van der Waals surface area contributed by atoms with Crippen LogP contribution in [-0.2, 0) is 12.7 Å². The molecule has 0 fully saturated rings. The van der Waals surface area contributed by atoms with Gasteiger partial charge in [0.2, 0.25) is 0 Å². The molecule has 0 aromatic carbocycles. The van der Waals surface area contributed by atoms with Crippen molar-refractivity contribution in [2.75, 3.05) is 0 Å². The second-order valence-corrected chi connectivity index (χ2v) is 2.83. The number of nitrogens with zero attached hydrogens (tertiary/aromatic N) is 2. The Balaban J connectivity index is 3.04. The SMILES string of the molecule is CC=CCn1cnc(C(F)(F)F)cc1=O. The zero-order chi connectivity index (χ0) is 11.5. The van der Waals surface area contributed by atoms with Crippen LogP contribution in [0.25, 0.3) is 0 Å². The lowest BCUT2D eigenvalue weighted by atomic mass is 10.4. The van der Waals surface area contributed by atoms with Crippen molar-refractivity contribution in [3.05, 3.63) is 40.6 Å². The second kappa shape index (κ2) is 4.29. The van der Waals surface area contributed by atoms with Gasteiger partial charge < -0.3 is 0 Å². The first-order valence-corrected chi connectivity index (χ1v) is 4.20. The van der Waals surface area contributed by atoms with Crippen LogP contribution in [-0.4, -0.2) is 9.55 Å². The summed E-state index contributed by atoms with van der Waals surface area (Å²) in [5.41, 5.74) is -1.88. The molecule has 0 aliphatic carbocycles. The van der Waals surface area contributed by atoms with Gasteiger partial charge in [-0.3, -0.25) is 9.36 Å². The van der Waals surface area contributed by atoms with Crippen molar-refractivity contribution < 1.29 is 13.2 Å². The minimum atomic E-state index is -4.57. The number of halogens is 3. The normalized spacial score (nSPS) is 12.3. The molecule has 0 unspecified atom stereocenters. The fraction of sp³-hybridized carbons (Fsp3) is 0.333. The minimum absolute atomic E-state index is 0.223. The van der Waals surface area contributed by atoms with Crippen LogP contribution >= 0.6 is 0 Å². The van der Waals surface area contributed by atoms with Gasteiger partial charge in [-0.15, -0.1) is 0 Å². The molecule has 1 aromatic rings. The Morgan fingerprint density at radius 1 is 1.53 bits per heavy atom. The lowest BCUT2D eigenvalue weighted by molar-refractivity contribution is -0.141. The van der Waals surface area contributed by atoms with Gasteiger partial charge in [-0.25, -0.2) is 4.98 Å². The number of hydrogen-bond donors (Lipinski definition) is 0. The molecule has 0 N–H and O–H groups in total. The van der Waals surface area contributed by atoms with Crippen LogP contribution in [0, 0.1) is 0 Å². The van der Waals surface area contributed by atoms with Crippen LogP contribution in [0.4, 0.5) is 13.2 Å². The third kappa shape index (κ3) is 2.93. The molecule has 0 spiro atoms. The second-order valence-electron chi connectivity index (χ2n) is 2.83. The van der Waals surface area contributed by atoms with E-state index < -0.39 is 17.4 Å². The monoisotopic (exact) mass is 218 g/mol. The van der Waals surface area contributed by atoms with Crippen LogP contribution in [0.5, 0.6) is 0 Å². The first-order valence-electron chi connectivity index (χ1n) is 4.20. The van der Waals surface area contributed by atoms with E-state index in [-0.39, 0.29) is 6.54 Å². The van der Waals surface area contributed by atoms with Crippen molar-refractivity contribution in [3.63, 3.8) is 0 Å². The minimum Gasteiger partial charge on any atom is -0.295 e. The molecule has 6 heteroatoms. The molecule has 0 saturated carbocycles. The van der Waals surface area contributed by atoms with E-state index in [1.165, 1.54) is 0 Å². The highest BCUT2D eigenvalue weighted by molar-refractivity contribution is 5.04. The summed E-state index contributed by atoms with van der Waals surface area (Å²) < 4.78 is 37.5. The topological polar surface area (TPSA) is 34.9 Å². The van der Waals surface area contributed by atoms with Crippen LogP contribution in [0.1, 0.15) is 12.6 Å². The fourth-order valence-electron chi connectivity index (χ4n) is 0.937. The summed E-state index contributed by atoms with van der Waals surface area (Å²) >= 11 is 0. The van der Waals surface area contributed by atoms with E-state index in [1.807, 2.05) is 0 Å². The van der Waals surface area contributed by atoms with Crippen LogP contribution in [0.3, 0.4) is 0 Å². The maximum Gasteiger partial charge on any atom is 0.433 e. The maximum atomic E-state index is 12.1. The van der Waals surface area contributed by atoms with Gasteiger partial charge in [0.05, 0.1) is 6.33 Å². The smallest absolute Gasteiger partial charge is 0.295 e. The standard InChI is InChI=1S/C9H9F3N2O/c1-2-3-4-14-6-13-7(5-8(14)15)9(10,11)12/h2-3,5-6H,4H2,1H3. The number of aromatic nitrogens is 2. The number of hydrogen-bond acceptors (Lipinski definition) is 2. The Morgan fingerprint density at radius 3 is 2.67 bits per heavy atom. The van der Waals surface area contributed by atoms with E-state index in [0.717, 1.165) is 10.9 Å². The molecule has 0 atom stereocenters. The largest absolute Gasteiger partial charge is 0.433 e. The average molecular weight is 218 g/mol. The van der Waals surface area contributed by atoms with E-state index in [0.29, 0.717) is 6.07 Å². The molecule has 0 amide bonds. The summed E-state index contributed by atoms with van der Waals surface area (Å²) in [4.78, 5) is 14.3. The third-order valence-corrected chi connectivity index (χ3v) is 1.71. The van der Waals surface area contributed by atoms with Crippen molar-refractivity contribution in [1.82, 2.24) is 9.55 Å². The maximum absolute atomic E-state index is 12.1. The third-order valence-electron chi connectivity index (χ3n) is 1.71. The fourth-order valence-corrected chi connectivity index (χ4v) is 0.937. The highest BCUT2D eigenvalue weighted by Crippen LogP contribution is 2.25. The predicted octanol–water partition coefficient (Wildman–Crippen LogP) is 1.84. The van der Waals surface area contributed by atoms with Gasteiger partial charge >= 0.3 is 6.18 Å². The lowest BCUT2D eigenvalue weighted by Gasteiger charge is -2.06. The van der Waals surface area contributed by atoms with Crippen molar-refractivity contribution in [2.45, 2.75) is 19.6 Å². The summed E-state index contributed by atoms with van der Waals surface area (Å²) in [6, 6.07) is 0.490. The van der Waals surface area contributed by atoms with Crippen molar-refractivity contribution in [1.29, 1.82) is 0 Å². The molecule has 3 nitrogen and oxygen atoms in total. The molecule has 1 rings (SSSR count). The van der Waals surface area contributed by atoms with E-state index in [2.05, 4.69) is 4.98 Å². The van der Waals surface area contributed by atoms with Gasteiger partial charge in [0.1, 0.15) is 0 Å². The van der Waals surface area contributed by atoms with Crippen LogP contribution in [0.2, 0.25) is 0 Å². The molecular formula is C9H9F3N2O. The van der Waals surface area contributed by atoms with E-state index >= 15 is 0 Å². The van der Waals surface area contributed by atoms with Gasteiger partial charge in [0.25, 0.3) is 5.56 Å². The molecule has 0 bridgehead atoms. The molecule has 0 radical (unpaired) electrons. The van der Waals surface area contributed by atoms with Gasteiger partial charge in [0, 0.05) is 12.6 Å². The summed E-state index contributed by atoms with van der Waals surface area (Å²) in [6.45, 7) is 1.98. The summed E-state index contributed by atoms with van der Waals surface area (Å²) in [5, 5.41) is 0. The first-order chi connectivity index (χ1) is 6.95. The molecule has 15 heavy (non-hydrogen) atoms. The van der Waals surface area contributed by atoms with Gasteiger partial charge in [-0.2, -0.15) is 13.2 Å². The number of allylic oxidation sites excluding steroid dienone is 2. The van der Waals surface area contributed by atoms with Crippen molar-refractivity contribution in [3.8, 4) is 0 Å². The predicted molar refractivity (Wildman–Crippen MR) is 48.3 cm³/mol. The Morgan fingerprint density at radius 2 is 2.20 bits per heavy atom. The molecular weight excluding hydrogens is 209 g/mol. The molecule has 1 aromatic heterocycles. The van der Waals surface area contributed by atoms with E-state index in [1.54, 1.807) is 19.1 Å². The Kier molecular flexibility index (Phi) is 3.28. The molecule has 0 saturated heterocycles. The quantitative estimate of drug-likeness (QED) is 0.710. The van der Waals surface area contributed by atoms with Crippen LogP contribution in [0.15, 0.2) is 29.3 Å². The number of alkyl halides is 3. The van der Waals surface area contributed by atoms with Gasteiger partial charge in [-0.05, 0) is 6.92 Å². The average Bonchev–Trinajstić information content (AvgIpc) is 2.14. The highest BCUT2D eigenvalue weighted by Gasteiger charge is 2.32. The first kappa shape index (κ1) is 11.5. The van der Waals surface area contributed by atoms with E-state index in [9.17, 15) is 18.0 Å². The summed E-state index contributed by atoms with van der Waals surface area (Å²) in [6.07, 6.45) is -0.329. The molecule has 0 aliphatic heterocycles. The Hall–Kier alpha value is -1.59. The zero-order valence-corrected chi connectivity index (χ0v) is 7.95. The Bertz CT molecular complexity index is 420. The number of rotatable bonds is 2. The van der Waals surface area contributed by atoms with Gasteiger partial charge in [-0.1, -0.05) is 12.2 Å². The highest BCUT2D eigenvalue weighted by atomic mass is 19.4. The van der Waals surface area contributed by atoms with E-state index in [4.69, 9.17) is 0 Å². The van der Waals surface area contributed by atoms with Gasteiger partial charge in [0.15, 0.2) is 5.69 Å². The van der Waals surface area contributed by atoms with Crippen LogP contribution < -0.4 is 5.56 Å². The summed E-state index contributed by atoms with van der Waals surface area (Å²) in [5.74, 6) is 0. The lowest BCUT2D eigenvalue weighted by Crippen LogP contribution is -2.22. The molecule has 0 aliphatic rings. The van der Waals surface area contributed by atoms with Crippen molar-refractivity contribution in [2.24, 2.45) is 0 Å². The summed E-state index contributed by atoms with van der Waals surface area (Å²) in [7, 11) is 0. The van der Waals surface area contributed by atoms with Crippen molar-refractivity contribution >= 4 is 0 Å². The zero-order valence-electron chi connectivity index (χ0n) is 7.95.